The molecule has 0 bridgehead atoms. The van der Waals surface area contributed by atoms with Gasteiger partial charge in [0.25, 0.3) is 5.91 Å². The van der Waals surface area contributed by atoms with E-state index in [4.69, 9.17) is 19.8 Å². The van der Waals surface area contributed by atoms with Gasteiger partial charge in [-0.25, -0.2) is 4.79 Å². The summed E-state index contributed by atoms with van der Waals surface area (Å²) in [6, 6.07) is 23.5. The Hall–Kier alpha value is -4.94. The summed E-state index contributed by atoms with van der Waals surface area (Å²) in [4.78, 5) is 59.5. The van der Waals surface area contributed by atoms with E-state index in [9.17, 15) is 19.2 Å². The van der Waals surface area contributed by atoms with Crippen LogP contribution in [0.15, 0.2) is 78.9 Å². The number of hydrogen-bond acceptors (Lipinski definition) is 9. The van der Waals surface area contributed by atoms with E-state index in [0.29, 0.717) is 36.7 Å². The number of amides is 3. The first-order valence-corrected chi connectivity index (χ1v) is 18.7. The summed E-state index contributed by atoms with van der Waals surface area (Å²) in [7, 11) is 1.72. The lowest BCUT2D eigenvalue weighted by atomic mass is 10.1. The fourth-order valence-electron chi connectivity index (χ4n) is 5.34. The van der Waals surface area contributed by atoms with E-state index in [0.717, 1.165) is 36.3 Å². The van der Waals surface area contributed by atoms with Crippen molar-refractivity contribution < 1.29 is 39.0 Å². The summed E-state index contributed by atoms with van der Waals surface area (Å²) in [6.45, 7) is 11.1. The molecule has 1 saturated heterocycles. The summed E-state index contributed by atoms with van der Waals surface area (Å²) in [5, 5.41) is 21.5. The van der Waals surface area contributed by atoms with Gasteiger partial charge in [-0.2, -0.15) is 5.06 Å². The molecule has 54 heavy (non-hydrogen) atoms. The standard InChI is InChI=1S/C28H44N4O6.2C7H8O/c1-5-6-10-18-37-28(36)32-26(21-30(4)20-25(34)29-15-11-12-22(2)3)31(16-17-33)27(35)24(38-32)19-23-13-8-7-9-14-23;2*1-6-2-4-7(8)5-3-6/h7-9,13-14,17,22,24,26H,5-6,10-12,15-16,18-21H2,1-4H3,(H,29,34);2*2-5,8H,1H3. The van der Waals surface area contributed by atoms with Crippen LogP contribution in [0.5, 0.6) is 11.5 Å². The van der Waals surface area contributed by atoms with Gasteiger partial charge in [0, 0.05) is 19.5 Å². The zero-order valence-corrected chi connectivity index (χ0v) is 32.8. The third-order valence-corrected chi connectivity index (χ3v) is 8.36. The Morgan fingerprint density at radius 2 is 1.52 bits per heavy atom. The number of phenolic OH excluding ortho intramolecular Hbond substituents is 2. The Kier molecular flexibility index (Phi) is 21.1. The first kappa shape index (κ1) is 45.2. The van der Waals surface area contributed by atoms with Crippen LogP contribution in [-0.2, 0) is 30.4 Å². The smallest absolute Gasteiger partial charge is 0.436 e. The highest BCUT2D eigenvalue weighted by atomic mass is 16.7. The van der Waals surface area contributed by atoms with Gasteiger partial charge in [0.05, 0.1) is 19.7 Å². The van der Waals surface area contributed by atoms with E-state index in [-0.39, 0.29) is 38.6 Å². The fourth-order valence-corrected chi connectivity index (χ4v) is 5.34. The van der Waals surface area contributed by atoms with Crippen molar-refractivity contribution in [3.63, 3.8) is 0 Å². The number of nitrogens with zero attached hydrogens (tertiary/aromatic N) is 3. The van der Waals surface area contributed by atoms with Gasteiger partial charge in [-0.15, -0.1) is 0 Å². The second-order valence-corrected chi connectivity index (χ2v) is 13.8. The van der Waals surface area contributed by atoms with Gasteiger partial charge in [0.2, 0.25) is 5.91 Å². The number of unbranched alkanes of at least 4 members (excludes halogenated alkanes) is 2. The number of likely N-dealkylation sites (N-methyl/N-ethyl adjacent to an activating group) is 1. The van der Waals surface area contributed by atoms with Crippen LogP contribution < -0.4 is 5.32 Å². The molecule has 2 unspecified atom stereocenters. The van der Waals surface area contributed by atoms with Gasteiger partial charge in [-0.05, 0) is 75.9 Å². The summed E-state index contributed by atoms with van der Waals surface area (Å²) < 4.78 is 5.46. The zero-order chi connectivity index (χ0) is 39.9. The highest BCUT2D eigenvalue weighted by molar-refractivity contribution is 5.85. The number of rotatable bonds is 16. The topological polar surface area (TPSA) is 149 Å². The molecule has 2 atom stereocenters. The monoisotopic (exact) mass is 748 g/mol. The summed E-state index contributed by atoms with van der Waals surface area (Å²) in [6.07, 6.45) is 2.73. The number of benzene rings is 3. The molecule has 296 valence electrons. The molecule has 1 aliphatic heterocycles. The second-order valence-electron chi connectivity index (χ2n) is 13.8. The molecule has 0 spiro atoms. The first-order valence-electron chi connectivity index (χ1n) is 18.7. The van der Waals surface area contributed by atoms with Crippen molar-refractivity contribution >= 4 is 24.2 Å². The highest BCUT2D eigenvalue weighted by Crippen LogP contribution is 2.23. The number of carbonyl (C=O) groups is 4. The van der Waals surface area contributed by atoms with Crippen LogP contribution in [0.4, 0.5) is 4.79 Å². The van der Waals surface area contributed by atoms with Crippen molar-refractivity contribution in [3.8, 4) is 11.5 Å². The molecule has 4 rings (SSSR count). The van der Waals surface area contributed by atoms with Crippen molar-refractivity contribution in [1.29, 1.82) is 0 Å². The van der Waals surface area contributed by atoms with Crippen LogP contribution in [0.3, 0.4) is 0 Å². The van der Waals surface area contributed by atoms with Crippen molar-refractivity contribution in [2.75, 3.05) is 39.8 Å². The first-order chi connectivity index (χ1) is 25.8. The summed E-state index contributed by atoms with van der Waals surface area (Å²) >= 11 is 0. The van der Waals surface area contributed by atoms with Gasteiger partial charge in [-0.3, -0.25) is 19.3 Å². The lowest BCUT2D eigenvalue weighted by Gasteiger charge is -2.45. The minimum atomic E-state index is -0.994. The van der Waals surface area contributed by atoms with E-state index < -0.39 is 24.3 Å². The lowest BCUT2D eigenvalue weighted by Crippen LogP contribution is -2.66. The molecule has 0 saturated carbocycles. The Balaban J connectivity index is 0.000000511. The molecule has 3 amide bonds. The van der Waals surface area contributed by atoms with Gasteiger partial charge in [0.1, 0.15) is 24.0 Å². The number of ether oxygens (including phenoxy) is 1. The average molecular weight is 749 g/mol. The minimum Gasteiger partial charge on any atom is -0.508 e. The van der Waals surface area contributed by atoms with E-state index in [1.165, 1.54) is 16.0 Å². The SMILES string of the molecule is CCCCCOC(=O)N1OC(Cc2ccccc2)C(=O)N(CC=O)C1CN(C)CC(=O)NCCCC(C)C.Cc1ccc(O)cc1.Cc1ccc(O)cc1. The van der Waals surface area contributed by atoms with Crippen molar-refractivity contribution in [3.05, 3.63) is 95.6 Å². The Morgan fingerprint density at radius 1 is 0.926 bits per heavy atom. The van der Waals surface area contributed by atoms with E-state index in [1.807, 2.05) is 68.4 Å². The number of hydroxylamine groups is 2. The molecule has 1 fully saturated rings. The largest absolute Gasteiger partial charge is 0.508 e. The average Bonchev–Trinajstić information content (AvgIpc) is 3.14. The van der Waals surface area contributed by atoms with Crippen molar-refractivity contribution in [1.82, 2.24) is 20.2 Å². The fraction of sp³-hybridized carbons (Fsp3) is 0.476. The van der Waals surface area contributed by atoms with Crippen molar-refractivity contribution in [2.45, 2.75) is 85.4 Å². The number of phenols is 2. The Morgan fingerprint density at radius 3 is 2.04 bits per heavy atom. The molecule has 3 aromatic carbocycles. The van der Waals surface area contributed by atoms with E-state index >= 15 is 0 Å². The highest BCUT2D eigenvalue weighted by Gasteiger charge is 2.45. The molecule has 3 aromatic rings. The predicted molar refractivity (Wildman–Crippen MR) is 210 cm³/mol. The van der Waals surface area contributed by atoms with Gasteiger partial charge in [-0.1, -0.05) is 99.3 Å². The normalized spacial score (nSPS) is 15.1. The molecular weight excluding hydrogens is 688 g/mol. The van der Waals surface area contributed by atoms with Gasteiger partial charge < -0.3 is 30.0 Å². The lowest BCUT2D eigenvalue weighted by molar-refractivity contribution is -0.254. The Bertz CT molecular complexity index is 1430. The van der Waals surface area contributed by atoms with Crippen LogP contribution in [-0.4, -0.2) is 101 Å². The predicted octanol–water partition coefficient (Wildman–Crippen LogP) is 6.41. The number of aldehydes is 1. The van der Waals surface area contributed by atoms with Gasteiger partial charge >= 0.3 is 6.09 Å². The maximum absolute atomic E-state index is 13.4. The third kappa shape index (κ3) is 17.7. The summed E-state index contributed by atoms with van der Waals surface area (Å²) in [5.74, 6) is 0.677. The molecule has 0 radical (unpaired) electrons. The molecule has 12 nitrogen and oxygen atoms in total. The number of aromatic hydroxyl groups is 2. The summed E-state index contributed by atoms with van der Waals surface area (Å²) in [5.41, 5.74) is 3.20. The third-order valence-electron chi connectivity index (χ3n) is 8.36. The second kappa shape index (κ2) is 25.1. The molecule has 12 heteroatoms. The van der Waals surface area contributed by atoms with Crippen LogP contribution >= 0.6 is 0 Å². The molecule has 1 heterocycles. The number of nitrogens with one attached hydrogen (secondary N) is 1. The molecule has 3 N–H and O–H groups in total. The molecular formula is C42H60N4O8. The van der Waals surface area contributed by atoms with Crippen molar-refractivity contribution in [2.24, 2.45) is 5.92 Å². The van der Waals surface area contributed by atoms with Crippen LogP contribution in [0.1, 0.15) is 69.6 Å². The zero-order valence-electron chi connectivity index (χ0n) is 32.8. The maximum Gasteiger partial charge on any atom is 0.436 e. The number of aryl methyl sites for hydroxylation is 2. The van der Waals surface area contributed by atoms with Crippen LogP contribution in [0, 0.1) is 19.8 Å². The van der Waals surface area contributed by atoms with Crippen LogP contribution in [0.25, 0.3) is 0 Å². The van der Waals surface area contributed by atoms with E-state index in [2.05, 4.69) is 26.1 Å². The molecule has 0 aromatic heterocycles. The number of hydrogen-bond donors (Lipinski definition) is 3. The molecule has 0 aliphatic carbocycles. The van der Waals surface area contributed by atoms with Crippen LogP contribution in [0.2, 0.25) is 0 Å². The van der Waals surface area contributed by atoms with Gasteiger partial charge in [0.15, 0.2) is 6.10 Å². The number of carbonyl (C=O) groups excluding carboxylic acids is 4. The Labute approximate surface area is 321 Å². The maximum atomic E-state index is 13.4. The molecule has 1 aliphatic rings. The minimum absolute atomic E-state index is 0.0636. The quantitative estimate of drug-likeness (QED) is 0.112. The van der Waals surface area contributed by atoms with E-state index in [1.54, 1.807) is 36.2 Å².